The number of hydrogen-bond acceptors (Lipinski definition) is 2. The van der Waals surface area contributed by atoms with E-state index >= 15 is 0 Å². The molecule has 0 amide bonds. The highest BCUT2D eigenvalue weighted by Crippen LogP contribution is 2.61. The number of nitrogens with one attached hydrogen (secondary N) is 1. The van der Waals surface area contributed by atoms with Gasteiger partial charge in [-0.15, -0.1) is 0 Å². The van der Waals surface area contributed by atoms with Gasteiger partial charge in [0.2, 0.25) is 0 Å². The molecule has 4 heterocycles. The number of benzene rings is 1. The number of epoxide rings is 1. The Morgan fingerprint density at radius 1 is 1.29 bits per heavy atom. The normalized spacial score (nSPS) is 38.8. The van der Waals surface area contributed by atoms with Crippen LogP contribution in [0.2, 0.25) is 0 Å². The van der Waals surface area contributed by atoms with Crippen molar-refractivity contribution in [3.63, 3.8) is 0 Å². The fourth-order valence-corrected chi connectivity index (χ4v) is 6.14. The molecule has 3 nitrogen and oxygen atoms in total. The summed E-state index contributed by atoms with van der Waals surface area (Å²) in [6.07, 6.45) is 5.75. The largest absolute Gasteiger partial charge is 0.369 e. The first-order valence-corrected chi connectivity index (χ1v) is 9.62. The predicted molar refractivity (Wildman–Crippen MR) is 97.2 cm³/mol. The molecule has 1 aromatic carbocycles. The molecule has 5 rings (SSSR count). The molecule has 2 fully saturated rings. The van der Waals surface area contributed by atoms with Crippen LogP contribution in [-0.2, 0) is 16.7 Å². The van der Waals surface area contributed by atoms with Gasteiger partial charge in [-0.3, -0.25) is 4.90 Å². The molecular weight excluding hydrogens is 296 g/mol. The number of aromatic amines is 1. The van der Waals surface area contributed by atoms with Crippen LogP contribution in [0, 0.1) is 5.41 Å². The molecular formula is C21H28N2O. The van der Waals surface area contributed by atoms with Gasteiger partial charge in [0.05, 0.1) is 17.7 Å². The molecule has 1 aromatic heterocycles. The van der Waals surface area contributed by atoms with Gasteiger partial charge in [0.25, 0.3) is 0 Å². The van der Waals surface area contributed by atoms with Crippen LogP contribution in [0.15, 0.2) is 24.3 Å². The molecule has 128 valence electrons. The van der Waals surface area contributed by atoms with Crippen molar-refractivity contribution in [1.82, 2.24) is 9.88 Å². The molecule has 3 heteroatoms. The maximum atomic E-state index is 6.11. The smallest absolute Gasteiger partial charge is 0.0916 e. The molecule has 0 saturated carbocycles. The van der Waals surface area contributed by atoms with Crippen LogP contribution < -0.4 is 0 Å². The van der Waals surface area contributed by atoms with Crippen molar-refractivity contribution in [2.45, 2.75) is 64.2 Å². The van der Waals surface area contributed by atoms with Gasteiger partial charge in [0.1, 0.15) is 0 Å². The van der Waals surface area contributed by atoms with Crippen molar-refractivity contribution in [2.75, 3.05) is 13.1 Å². The van der Waals surface area contributed by atoms with Crippen molar-refractivity contribution in [1.29, 1.82) is 0 Å². The van der Waals surface area contributed by atoms with Gasteiger partial charge in [-0.25, -0.2) is 0 Å². The Morgan fingerprint density at radius 3 is 2.83 bits per heavy atom. The van der Waals surface area contributed by atoms with Gasteiger partial charge in [0.15, 0.2) is 0 Å². The Balaban J connectivity index is 1.76. The zero-order valence-corrected chi connectivity index (χ0v) is 15.1. The highest BCUT2D eigenvalue weighted by Gasteiger charge is 2.65. The Bertz CT molecular complexity index is 796. The van der Waals surface area contributed by atoms with E-state index in [9.17, 15) is 0 Å². The number of H-pyrrole nitrogens is 1. The number of para-hydroxylation sites is 1. The summed E-state index contributed by atoms with van der Waals surface area (Å²) in [5, 5.41) is 1.42. The minimum atomic E-state index is 0.0576. The lowest BCUT2D eigenvalue weighted by molar-refractivity contribution is -0.0954. The monoisotopic (exact) mass is 324 g/mol. The first-order valence-electron chi connectivity index (χ1n) is 9.62. The summed E-state index contributed by atoms with van der Waals surface area (Å²) in [7, 11) is 0. The number of ether oxygens (including phenoxy) is 1. The topological polar surface area (TPSA) is 31.6 Å². The van der Waals surface area contributed by atoms with Crippen molar-refractivity contribution >= 4 is 10.9 Å². The van der Waals surface area contributed by atoms with Gasteiger partial charge in [-0.2, -0.15) is 0 Å². The average molecular weight is 324 g/mol. The maximum absolute atomic E-state index is 6.11. The van der Waals surface area contributed by atoms with Gasteiger partial charge in [0, 0.05) is 28.6 Å². The summed E-state index contributed by atoms with van der Waals surface area (Å²) >= 11 is 0. The summed E-state index contributed by atoms with van der Waals surface area (Å²) in [5.41, 5.74) is 4.60. The standard InChI is InChI=1S/C21H28N2O/c1-4-21(19-14(2)24-19)11-7-12-23-13-10-16-15-8-5-6-9-17(15)22-18(16)20(21,23)3/h5-6,8-9,14,19,22H,4,7,10-13H2,1-3H3. The number of piperidine rings is 1. The molecule has 0 aliphatic carbocycles. The number of fused-ring (bicyclic) bond motifs is 5. The number of rotatable bonds is 2. The van der Waals surface area contributed by atoms with Crippen molar-refractivity contribution in [3.05, 3.63) is 35.5 Å². The van der Waals surface area contributed by atoms with Crippen LogP contribution in [0.1, 0.15) is 51.3 Å². The van der Waals surface area contributed by atoms with Crippen molar-refractivity contribution in [3.8, 4) is 0 Å². The molecule has 24 heavy (non-hydrogen) atoms. The third-order valence-corrected chi connectivity index (χ3v) is 7.47. The summed E-state index contributed by atoms with van der Waals surface area (Å²) < 4.78 is 6.11. The first-order chi connectivity index (χ1) is 11.6. The molecule has 1 N–H and O–H groups in total. The zero-order chi connectivity index (χ0) is 16.5. The Kier molecular flexibility index (Phi) is 3.03. The zero-order valence-electron chi connectivity index (χ0n) is 15.1. The van der Waals surface area contributed by atoms with E-state index in [0.29, 0.717) is 12.2 Å². The fourth-order valence-electron chi connectivity index (χ4n) is 6.14. The number of aromatic nitrogens is 1. The molecule has 4 atom stereocenters. The highest BCUT2D eigenvalue weighted by molar-refractivity contribution is 5.85. The fraction of sp³-hybridized carbons (Fsp3) is 0.619. The highest BCUT2D eigenvalue weighted by atomic mass is 16.6. The summed E-state index contributed by atoms with van der Waals surface area (Å²) in [5.74, 6) is 0. The molecule has 2 aromatic rings. The quantitative estimate of drug-likeness (QED) is 0.839. The van der Waals surface area contributed by atoms with Crippen LogP contribution in [0.3, 0.4) is 0 Å². The Labute approximate surface area is 144 Å². The number of nitrogens with zero attached hydrogens (tertiary/aromatic N) is 1. The second-order valence-corrected chi connectivity index (χ2v) is 8.21. The predicted octanol–water partition coefficient (Wildman–Crippen LogP) is 4.22. The SMILES string of the molecule is CCC1(C2OC2C)CCCN2CCc3c([nH]c4ccccc34)C21C. The van der Waals surface area contributed by atoms with Gasteiger partial charge in [-0.1, -0.05) is 25.1 Å². The second-order valence-electron chi connectivity index (χ2n) is 8.21. The van der Waals surface area contributed by atoms with E-state index in [-0.39, 0.29) is 11.0 Å². The van der Waals surface area contributed by atoms with E-state index in [1.807, 2.05) is 0 Å². The molecule has 3 aliphatic rings. The average Bonchev–Trinajstić information content (AvgIpc) is 3.20. The Morgan fingerprint density at radius 2 is 2.08 bits per heavy atom. The third-order valence-electron chi connectivity index (χ3n) is 7.47. The van der Waals surface area contributed by atoms with E-state index in [4.69, 9.17) is 4.74 Å². The molecule has 4 unspecified atom stereocenters. The minimum Gasteiger partial charge on any atom is -0.369 e. The van der Waals surface area contributed by atoms with E-state index in [1.54, 1.807) is 5.56 Å². The third kappa shape index (κ3) is 1.65. The number of hydrogen-bond donors (Lipinski definition) is 1. The van der Waals surface area contributed by atoms with Crippen molar-refractivity contribution in [2.24, 2.45) is 5.41 Å². The minimum absolute atomic E-state index is 0.0576. The molecule has 2 saturated heterocycles. The molecule has 0 spiro atoms. The lowest BCUT2D eigenvalue weighted by Crippen LogP contribution is -2.63. The summed E-state index contributed by atoms with van der Waals surface area (Å²) in [6.45, 7) is 9.51. The molecule has 3 aliphatic heterocycles. The van der Waals surface area contributed by atoms with Crippen LogP contribution in [0.25, 0.3) is 10.9 Å². The molecule has 0 radical (unpaired) electrons. The lowest BCUT2D eigenvalue weighted by atomic mass is 9.57. The van der Waals surface area contributed by atoms with Crippen LogP contribution in [0.4, 0.5) is 0 Å². The van der Waals surface area contributed by atoms with E-state index < -0.39 is 0 Å². The van der Waals surface area contributed by atoms with Gasteiger partial charge >= 0.3 is 0 Å². The van der Waals surface area contributed by atoms with E-state index in [1.165, 1.54) is 48.9 Å². The summed E-state index contributed by atoms with van der Waals surface area (Å²) in [6, 6.07) is 8.83. The van der Waals surface area contributed by atoms with E-state index in [0.717, 1.165) is 6.42 Å². The second kappa shape index (κ2) is 4.86. The first kappa shape index (κ1) is 15.0. The van der Waals surface area contributed by atoms with Crippen LogP contribution in [0.5, 0.6) is 0 Å². The van der Waals surface area contributed by atoms with Crippen LogP contribution >= 0.6 is 0 Å². The van der Waals surface area contributed by atoms with Crippen LogP contribution in [-0.4, -0.2) is 35.2 Å². The van der Waals surface area contributed by atoms with Crippen molar-refractivity contribution < 1.29 is 4.74 Å². The van der Waals surface area contributed by atoms with E-state index in [2.05, 4.69) is 54.9 Å². The maximum Gasteiger partial charge on any atom is 0.0916 e. The lowest BCUT2D eigenvalue weighted by Gasteiger charge is -2.59. The molecule has 0 bridgehead atoms. The van der Waals surface area contributed by atoms with Gasteiger partial charge in [-0.05, 0) is 57.7 Å². The Hall–Kier alpha value is -1.32. The summed E-state index contributed by atoms with van der Waals surface area (Å²) in [4.78, 5) is 6.60. The van der Waals surface area contributed by atoms with Gasteiger partial charge < -0.3 is 9.72 Å².